The lowest BCUT2D eigenvalue weighted by Crippen LogP contribution is -2.23. The maximum absolute atomic E-state index is 12.0. The molecule has 106 valence electrons. The molecule has 7 heteroatoms. The van der Waals surface area contributed by atoms with E-state index in [0.717, 1.165) is 0 Å². The number of aromatic nitrogens is 3. The van der Waals surface area contributed by atoms with Crippen molar-refractivity contribution in [3.63, 3.8) is 0 Å². The molecule has 3 aromatic rings. The second-order valence-electron chi connectivity index (χ2n) is 4.28. The second-order valence-corrected chi connectivity index (χ2v) is 4.71. The van der Waals surface area contributed by atoms with E-state index in [1.807, 2.05) is 0 Å². The Bertz CT molecular complexity index is 752. The van der Waals surface area contributed by atoms with Crippen molar-refractivity contribution in [2.75, 3.05) is 0 Å². The van der Waals surface area contributed by atoms with Crippen LogP contribution in [0, 0.1) is 0 Å². The molecule has 21 heavy (non-hydrogen) atoms. The summed E-state index contributed by atoms with van der Waals surface area (Å²) in [4.78, 5) is 16.2. The Labute approximate surface area is 125 Å². The first-order valence-corrected chi connectivity index (χ1v) is 6.59. The number of nitrogens with zero attached hydrogens (tertiary/aromatic N) is 2. The summed E-state index contributed by atoms with van der Waals surface area (Å²) in [6.07, 6.45) is 1.55. The molecule has 2 heterocycles. The number of nitrogens with one attached hydrogen (secondary N) is 2. The lowest BCUT2D eigenvalue weighted by atomic mass is 10.2. The number of H-pyrrole nitrogens is 1. The molecule has 0 radical (unpaired) electrons. The quantitative estimate of drug-likeness (QED) is 0.776. The van der Waals surface area contributed by atoms with Crippen LogP contribution in [0.4, 0.5) is 0 Å². The molecule has 2 aromatic heterocycles. The highest BCUT2D eigenvalue weighted by atomic mass is 35.5. The molecule has 0 bridgehead atoms. The number of amides is 1. The van der Waals surface area contributed by atoms with E-state index in [4.69, 9.17) is 16.0 Å². The standard InChI is InChI=1S/C14H11ClN4O2/c15-10-4-1-3-9(7-10)14(20)16-8-12-17-13(19-18-12)11-5-2-6-21-11/h1-7H,8H2,(H,16,20)(H,17,18,19). The number of furan rings is 1. The largest absolute Gasteiger partial charge is 0.461 e. The van der Waals surface area contributed by atoms with E-state index < -0.39 is 0 Å². The Hall–Kier alpha value is -2.60. The molecule has 0 spiro atoms. The van der Waals surface area contributed by atoms with Crippen LogP contribution in [-0.2, 0) is 6.54 Å². The highest BCUT2D eigenvalue weighted by molar-refractivity contribution is 6.30. The third-order valence-corrected chi connectivity index (χ3v) is 3.01. The first kappa shape index (κ1) is 13.4. The molecule has 1 amide bonds. The molecular weight excluding hydrogens is 292 g/mol. The zero-order valence-corrected chi connectivity index (χ0v) is 11.6. The van der Waals surface area contributed by atoms with Crippen LogP contribution in [0.15, 0.2) is 47.1 Å². The number of carbonyl (C=O) groups excluding carboxylic acids is 1. The van der Waals surface area contributed by atoms with Gasteiger partial charge in [-0.1, -0.05) is 17.7 Å². The lowest BCUT2D eigenvalue weighted by molar-refractivity contribution is 0.0950. The van der Waals surface area contributed by atoms with Gasteiger partial charge in [-0.05, 0) is 30.3 Å². The third-order valence-electron chi connectivity index (χ3n) is 2.78. The van der Waals surface area contributed by atoms with Gasteiger partial charge in [0.2, 0.25) is 5.82 Å². The molecule has 0 saturated carbocycles. The van der Waals surface area contributed by atoms with Crippen molar-refractivity contribution >= 4 is 17.5 Å². The Balaban J connectivity index is 1.64. The predicted molar refractivity (Wildman–Crippen MR) is 76.7 cm³/mol. The summed E-state index contributed by atoms with van der Waals surface area (Å²) in [6, 6.07) is 10.2. The van der Waals surface area contributed by atoms with E-state index in [1.54, 1.807) is 42.7 Å². The Morgan fingerprint density at radius 1 is 1.33 bits per heavy atom. The minimum absolute atomic E-state index is 0.228. The molecule has 1 aromatic carbocycles. The summed E-state index contributed by atoms with van der Waals surface area (Å²) in [7, 11) is 0. The van der Waals surface area contributed by atoms with Crippen LogP contribution in [0.2, 0.25) is 5.02 Å². The zero-order chi connectivity index (χ0) is 14.7. The molecule has 2 N–H and O–H groups in total. The van der Waals surface area contributed by atoms with E-state index in [-0.39, 0.29) is 12.5 Å². The van der Waals surface area contributed by atoms with Gasteiger partial charge in [0, 0.05) is 10.6 Å². The Kier molecular flexibility index (Phi) is 3.70. The van der Waals surface area contributed by atoms with E-state index in [0.29, 0.717) is 28.0 Å². The summed E-state index contributed by atoms with van der Waals surface area (Å²) in [5.74, 6) is 1.33. The summed E-state index contributed by atoms with van der Waals surface area (Å²) in [5.41, 5.74) is 0.494. The van der Waals surface area contributed by atoms with Gasteiger partial charge >= 0.3 is 0 Å². The van der Waals surface area contributed by atoms with Crippen molar-refractivity contribution < 1.29 is 9.21 Å². The van der Waals surface area contributed by atoms with Crippen molar-refractivity contribution in [2.24, 2.45) is 0 Å². The average Bonchev–Trinajstić information content (AvgIpc) is 3.15. The molecule has 0 fully saturated rings. The first-order chi connectivity index (χ1) is 10.2. The van der Waals surface area contributed by atoms with E-state index in [2.05, 4.69) is 20.5 Å². The number of carbonyl (C=O) groups is 1. The van der Waals surface area contributed by atoms with Crippen LogP contribution in [0.1, 0.15) is 16.2 Å². The van der Waals surface area contributed by atoms with Crippen LogP contribution in [0.5, 0.6) is 0 Å². The van der Waals surface area contributed by atoms with Crippen molar-refractivity contribution in [3.05, 3.63) is 59.1 Å². The van der Waals surface area contributed by atoms with Crippen molar-refractivity contribution in [2.45, 2.75) is 6.54 Å². The maximum atomic E-state index is 12.0. The van der Waals surface area contributed by atoms with Gasteiger partial charge in [-0.3, -0.25) is 9.89 Å². The number of hydrogen-bond donors (Lipinski definition) is 2. The van der Waals surface area contributed by atoms with Crippen LogP contribution in [-0.4, -0.2) is 21.1 Å². The zero-order valence-electron chi connectivity index (χ0n) is 10.8. The summed E-state index contributed by atoms with van der Waals surface area (Å²) in [6.45, 7) is 0.235. The molecule has 0 aliphatic heterocycles. The second kappa shape index (κ2) is 5.80. The molecule has 0 unspecified atom stereocenters. The molecule has 0 atom stereocenters. The monoisotopic (exact) mass is 302 g/mol. The Morgan fingerprint density at radius 2 is 2.24 bits per heavy atom. The molecule has 0 aliphatic carbocycles. The summed E-state index contributed by atoms with van der Waals surface area (Å²) >= 11 is 5.85. The molecule has 0 saturated heterocycles. The lowest BCUT2D eigenvalue weighted by Gasteiger charge is -2.03. The maximum Gasteiger partial charge on any atom is 0.251 e. The summed E-state index contributed by atoms with van der Waals surface area (Å²) < 4.78 is 5.19. The highest BCUT2D eigenvalue weighted by Crippen LogP contribution is 2.14. The van der Waals surface area contributed by atoms with Gasteiger partial charge in [-0.2, -0.15) is 0 Å². The molecule has 6 nitrogen and oxygen atoms in total. The smallest absolute Gasteiger partial charge is 0.251 e. The van der Waals surface area contributed by atoms with Crippen molar-refractivity contribution in [1.82, 2.24) is 20.5 Å². The number of halogens is 1. The normalized spacial score (nSPS) is 10.5. The molecule has 0 aliphatic rings. The fourth-order valence-electron chi connectivity index (χ4n) is 1.79. The topological polar surface area (TPSA) is 83.8 Å². The van der Waals surface area contributed by atoms with Crippen molar-refractivity contribution in [1.29, 1.82) is 0 Å². The Morgan fingerprint density at radius 3 is 3.00 bits per heavy atom. The van der Waals surface area contributed by atoms with E-state index in [9.17, 15) is 4.79 Å². The van der Waals surface area contributed by atoms with Gasteiger partial charge in [0.15, 0.2) is 5.76 Å². The number of aromatic amines is 1. The van der Waals surface area contributed by atoms with Gasteiger partial charge in [-0.25, -0.2) is 4.98 Å². The van der Waals surface area contributed by atoms with Gasteiger partial charge in [-0.15, -0.1) is 5.10 Å². The highest BCUT2D eigenvalue weighted by Gasteiger charge is 2.10. The molecular formula is C14H11ClN4O2. The van der Waals surface area contributed by atoms with Gasteiger partial charge < -0.3 is 9.73 Å². The number of rotatable bonds is 4. The SMILES string of the molecule is O=C(NCc1nc(-c2ccco2)n[nH]1)c1cccc(Cl)c1. The fraction of sp³-hybridized carbons (Fsp3) is 0.0714. The van der Waals surface area contributed by atoms with E-state index >= 15 is 0 Å². The van der Waals surface area contributed by atoms with E-state index in [1.165, 1.54) is 0 Å². The average molecular weight is 303 g/mol. The number of benzene rings is 1. The molecule has 3 rings (SSSR count). The summed E-state index contributed by atoms with van der Waals surface area (Å²) in [5, 5.41) is 10.0. The predicted octanol–water partition coefficient (Wildman–Crippen LogP) is 2.65. The first-order valence-electron chi connectivity index (χ1n) is 6.21. The number of hydrogen-bond acceptors (Lipinski definition) is 4. The fourth-order valence-corrected chi connectivity index (χ4v) is 1.98. The van der Waals surface area contributed by atoms with Crippen LogP contribution >= 0.6 is 11.6 Å². The van der Waals surface area contributed by atoms with Crippen LogP contribution in [0.25, 0.3) is 11.6 Å². The van der Waals surface area contributed by atoms with Gasteiger partial charge in [0.25, 0.3) is 5.91 Å². The minimum atomic E-state index is -0.228. The van der Waals surface area contributed by atoms with Gasteiger partial charge in [0.05, 0.1) is 12.8 Å². The van der Waals surface area contributed by atoms with Crippen LogP contribution in [0.3, 0.4) is 0 Å². The van der Waals surface area contributed by atoms with Crippen LogP contribution < -0.4 is 5.32 Å². The van der Waals surface area contributed by atoms with Crippen molar-refractivity contribution in [3.8, 4) is 11.6 Å². The third kappa shape index (κ3) is 3.11. The minimum Gasteiger partial charge on any atom is -0.461 e. The van der Waals surface area contributed by atoms with Gasteiger partial charge in [0.1, 0.15) is 5.82 Å².